The van der Waals surface area contributed by atoms with Crippen molar-refractivity contribution in [3.05, 3.63) is 119 Å². The lowest BCUT2D eigenvalue weighted by molar-refractivity contribution is 0.0345. The van der Waals surface area contributed by atoms with Crippen LogP contribution in [0.15, 0.2) is 85.1 Å². The van der Waals surface area contributed by atoms with Crippen molar-refractivity contribution in [1.29, 1.82) is 0 Å². The van der Waals surface area contributed by atoms with E-state index >= 15 is 0 Å². The number of ether oxygens (including phenoxy) is 1. The molecule has 2 heterocycles. The van der Waals surface area contributed by atoms with Gasteiger partial charge < -0.3 is 15.0 Å². The minimum atomic E-state index is -0.486. The van der Waals surface area contributed by atoms with Gasteiger partial charge in [0.15, 0.2) is 0 Å². The summed E-state index contributed by atoms with van der Waals surface area (Å²) < 4.78 is 19.4. The van der Waals surface area contributed by atoms with Gasteiger partial charge >= 0.3 is 0 Å². The summed E-state index contributed by atoms with van der Waals surface area (Å²) in [5, 5.41) is 6.84. The van der Waals surface area contributed by atoms with E-state index in [1.165, 1.54) is 22.9 Å². The van der Waals surface area contributed by atoms with Crippen molar-refractivity contribution in [3.8, 4) is 0 Å². The third-order valence-electron chi connectivity index (χ3n) is 8.06. The van der Waals surface area contributed by atoms with Crippen molar-refractivity contribution in [2.24, 2.45) is 0 Å². The molecule has 4 nitrogen and oxygen atoms in total. The molecule has 1 aliphatic heterocycles. The van der Waals surface area contributed by atoms with Crippen molar-refractivity contribution < 1.29 is 13.9 Å². The normalized spacial score (nSPS) is 15.0. The molecule has 0 atom stereocenters. The zero-order valence-electron chi connectivity index (χ0n) is 22.2. The summed E-state index contributed by atoms with van der Waals surface area (Å²) in [5.41, 5.74) is 5.33. The van der Waals surface area contributed by atoms with Crippen molar-refractivity contribution >= 4 is 27.6 Å². The number of aromatic nitrogens is 1. The number of hydrogen-bond acceptors (Lipinski definition) is 2. The van der Waals surface area contributed by atoms with Gasteiger partial charge in [0.1, 0.15) is 5.82 Å². The summed E-state index contributed by atoms with van der Waals surface area (Å²) in [6.45, 7) is 3.35. The molecular formula is C34H33FN2O2. The first kappa shape index (κ1) is 25.3. The maximum Gasteiger partial charge on any atom is 0.252 e. The highest BCUT2D eigenvalue weighted by atomic mass is 19.1. The van der Waals surface area contributed by atoms with E-state index in [0.29, 0.717) is 19.6 Å². The number of halogens is 1. The molecule has 1 aliphatic rings. The number of carbonyl (C=O) groups is 1. The van der Waals surface area contributed by atoms with Gasteiger partial charge in [-0.25, -0.2) is 4.39 Å². The third kappa shape index (κ3) is 5.07. The van der Waals surface area contributed by atoms with Crippen LogP contribution in [0.3, 0.4) is 0 Å². The highest BCUT2D eigenvalue weighted by Gasteiger charge is 2.36. The van der Waals surface area contributed by atoms with Gasteiger partial charge in [0.05, 0.1) is 5.54 Å². The molecule has 0 spiro atoms. The number of H-pyrrole nitrogens is 1. The van der Waals surface area contributed by atoms with Crippen LogP contribution >= 0.6 is 0 Å². The van der Waals surface area contributed by atoms with Gasteiger partial charge in [-0.1, -0.05) is 61.9 Å². The number of carbonyl (C=O) groups excluding carboxylic acids is 1. The smallest absolute Gasteiger partial charge is 0.252 e. The molecule has 198 valence electrons. The fraction of sp³-hybridized carbons (Fsp3) is 0.265. The molecule has 0 unspecified atom stereocenters. The highest BCUT2D eigenvalue weighted by Crippen LogP contribution is 2.35. The van der Waals surface area contributed by atoms with Gasteiger partial charge in [-0.05, 0) is 89.0 Å². The van der Waals surface area contributed by atoms with Crippen LogP contribution in [-0.4, -0.2) is 24.1 Å². The van der Waals surface area contributed by atoms with Crippen LogP contribution in [0.1, 0.15) is 58.8 Å². The molecule has 4 aromatic carbocycles. The Kier molecular flexibility index (Phi) is 6.92. The molecule has 2 N–H and O–H groups in total. The van der Waals surface area contributed by atoms with E-state index in [9.17, 15) is 9.18 Å². The lowest BCUT2D eigenvalue weighted by atomic mass is 9.81. The molecule has 0 saturated carbocycles. The molecular weight excluding hydrogens is 487 g/mol. The Morgan fingerprint density at radius 3 is 2.59 bits per heavy atom. The van der Waals surface area contributed by atoms with Crippen molar-refractivity contribution in [2.45, 2.75) is 44.6 Å². The van der Waals surface area contributed by atoms with Crippen LogP contribution in [0.5, 0.6) is 0 Å². The Labute approximate surface area is 228 Å². The summed E-state index contributed by atoms with van der Waals surface area (Å²) in [4.78, 5) is 17.2. The molecule has 5 heteroatoms. The average molecular weight is 521 g/mol. The van der Waals surface area contributed by atoms with Gasteiger partial charge in [-0.15, -0.1) is 0 Å². The molecule has 0 aliphatic carbocycles. The van der Waals surface area contributed by atoms with Crippen LogP contribution in [0, 0.1) is 5.82 Å². The first-order valence-corrected chi connectivity index (χ1v) is 13.8. The van der Waals surface area contributed by atoms with E-state index in [4.69, 9.17) is 4.74 Å². The van der Waals surface area contributed by atoms with E-state index in [1.807, 2.05) is 30.5 Å². The second-order valence-corrected chi connectivity index (χ2v) is 10.6. The third-order valence-corrected chi connectivity index (χ3v) is 8.06. The average Bonchev–Trinajstić information content (AvgIpc) is 3.35. The lowest BCUT2D eigenvalue weighted by Crippen LogP contribution is -2.49. The Morgan fingerprint density at radius 1 is 0.949 bits per heavy atom. The van der Waals surface area contributed by atoms with E-state index < -0.39 is 5.54 Å². The first-order chi connectivity index (χ1) is 19.0. The number of aryl methyl sites for hydroxylation is 1. The van der Waals surface area contributed by atoms with Crippen LogP contribution in [0.4, 0.5) is 4.39 Å². The Hall–Kier alpha value is -3.96. The SMILES string of the molecule is CCCc1ccc(Cc2c[nH]c3cc(F)ccc23)cc1C(=O)NC1(c2ccc3ccccc3c2)CCOCC1. The van der Waals surface area contributed by atoms with E-state index in [2.05, 4.69) is 59.7 Å². The zero-order chi connectivity index (χ0) is 26.8. The highest BCUT2D eigenvalue weighted by molar-refractivity contribution is 5.97. The number of amides is 1. The van der Waals surface area contributed by atoms with Gasteiger partial charge in [0.2, 0.25) is 0 Å². The minimum absolute atomic E-state index is 0.0450. The molecule has 5 aromatic rings. The Morgan fingerprint density at radius 2 is 1.77 bits per heavy atom. The quantitative estimate of drug-likeness (QED) is 0.234. The molecule has 39 heavy (non-hydrogen) atoms. The number of hydrogen-bond donors (Lipinski definition) is 2. The molecule has 0 radical (unpaired) electrons. The van der Waals surface area contributed by atoms with E-state index in [0.717, 1.165) is 64.4 Å². The zero-order valence-corrected chi connectivity index (χ0v) is 22.2. The fourth-order valence-corrected chi connectivity index (χ4v) is 5.93. The minimum Gasteiger partial charge on any atom is -0.381 e. The molecule has 1 fully saturated rings. The van der Waals surface area contributed by atoms with Gasteiger partial charge in [0.25, 0.3) is 5.91 Å². The number of fused-ring (bicyclic) bond motifs is 2. The van der Waals surface area contributed by atoms with Crippen LogP contribution in [-0.2, 0) is 23.1 Å². The summed E-state index contributed by atoms with van der Waals surface area (Å²) in [6, 6.07) is 25.9. The predicted octanol–water partition coefficient (Wildman–Crippen LogP) is 7.44. The van der Waals surface area contributed by atoms with Gasteiger partial charge in [0, 0.05) is 35.9 Å². The molecule has 0 bridgehead atoms. The summed E-state index contributed by atoms with van der Waals surface area (Å²) in [6.07, 6.45) is 5.83. The first-order valence-electron chi connectivity index (χ1n) is 13.8. The van der Waals surface area contributed by atoms with Crippen LogP contribution in [0.25, 0.3) is 21.7 Å². The molecule has 6 rings (SSSR count). The largest absolute Gasteiger partial charge is 0.381 e. The number of nitrogens with one attached hydrogen (secondary N) is 2. The van der Waals surface area contributed by atoms with Crippen LogP contribution in [0.2, 0.25) is 0 Å². The Bertz CT molecular complexity index is 1650. The lowest BCUT2D eigenvalue weighted by Gasteiger charge is -2.39. The van der Waals surface area contributed by atoms with Crippen molar-refractivity contribution in [1.82, 2.24) is 10.3 Å². The van der Waals surface area contributed by atoms with Crippen LogP contribution < -0.4 is 5.32 Å². The van der Waals surface area contributed by atoms with Crippen molar-refractivity contribution in [3.63, 3.8) is 0 Å². The monoisotopic (exact) mass is 520 g/mol. The Balaban J connectivity index is 1.34. The summed E-state index contributed by atoms with van der Waals surface area (Å²) in [7, 11) is 0. The van der Waals surface area contributed by atoms with E-state index in [1.54, 1.807) is 0 Å². The van der Waals surface area contributed by atoms with E-state index in [-0.39, 0.29) is 11.7 Å². The predicted molar refractivity (Wildman–Crippen MR) is 155 cm³/mol. The molecule has 1 saturated heterocycles. The summed E-state index contributed by atoms with van der Waals surface area (Å²) >= 11 is 0. The topological polar surface area (TPSA) is 54.1 Å². The second kappa shape index (κ2) is 10.7. The van der Waals surface area contributed by atoms with Crippen molar-refractivity contribution in [2.75, 3.05) is 13.2 Å². The standard InChI is InChI=1S/C34H33FN2O2/c1-2-5-25-9-8-23(18-27-22-36-32-21-29(35)12-13-30(27)32)19-31(25)33(38)37-34(14-16-39-17-15-34)28-11-10-24-6-3-4-7-26(24)20-28/h3-4,6-13,19-22,36H,2,5,14-18H2,1H3,(H,37,38). The maximum atomic E-state index is 14.1. The number of benzene rings is 4. The van der Waals surface area contributed by atoms with Gasteiger partial charge in [-0.2, -0.15) is 0 Å². The molecule has 1 amide bonds. The fourth-order valence-electron chi connectivity index (χ4n) is 5.93. The molecule has 1 aromatic heterocycles. The van der Waals surface area contributed by atoms with Gasteiger partial charge in [-0.3, -0.25) is 4.79 Å². The summed E-state index contributed by atoms with van der Waals surface area (Å²) in [5.74, 6) is -0.302. The number of rotatable bonds is 7. The maximum absolute atomic E-state index is 14.1. The second-order valence-electron chi connectivity index (χ2n) is 10.6. The number of aromatic amines is 1.